The molecule has 112 valence electrons. The van der Waals surface area contributed by atoms with E-state index in [0.717, 1.165) is 21.2 Å². The van der Waals surface area contributed by atoms with E-state index in [4.69, 9.17) is 20.9 Å². The first-order chi connectivity index (χ1) is 10.7. The molecule has 0 fully saturated rings. The second-order valence-electron chi connectivity index (χ2n) is 4.49. The van der Waals surface area contributed by atoms with E-state index >= 15 is 0 Å². The zero-order chi connectivity index (χ0) is 15.4. The molecule has 0 radical (unpaired) electrons. The van der Waals surface area contributed by atoms with Crippen molar-refractivity contribution in [1.29, 1.82) is 0 Å². The summed E-state index contributed by atoms with van der Waals surface area (Å²) >= 11 is 7.50. The lowest BCUT2D eigenvalue weighted by Gasteiger charge is -1.99. The number of hydrogen-bond acceptors (Lipinski definition) is 5. The summed E-state index contributed by atoms with van der Waals surface area (Å²) in [5.74, 6) is 2.60. The standard InChI is InChI=1S/C16H13ClN2O2S/c1-20-13-6-2-11(3-7-13)16-18-15(19-21-16)10-22-14-8-4-12(17)5-9-14/h2-9H,10H2,1H3. The molecule has 0 saturated carbocycles. The molecule has 0 N–H and O–H groups in total. The normalized spacial score (nSPS) is 10.6. The van der Waals surface area contributed by atoms with Crippen LogP contribution in [-0.2, 0) is 5.75 Å². The van der Waals surface area contributed by atoms with Crippen molar-refractivity contribution in [3.8, 4) is 17.2 Å². The maximum Gasteiger partial charge on any atom is 0.257 e. The van der Waals surface area contributed by atoms with E-state index in [2.05, 4.69) is 10.1 Å². The molecule has 0 aliphatic carbocycles. The smallest absolute Gasteiger partial charge is 0.257 e. The third-order valence-corrected chi connectivity index (χ3v) is 4.25. The summed E-state index contributed by atoms with van der Waals surface area (Å²) < 4.78 is 10.4. The van der Waals surface area contributed by atoms with E-state index in [9.17, 15) is 0 Å². The summed E-state index contributed by atoms with van der Waals surface area (Å²) in [5, 5.41) is 4.73. The summed E-state index contributed by atoms with van der Waals surface area (Å²) in [7, 11) is 1.63. The van der Waals surface area contributed by atoms with Crippen molar-refractivity contribution in [3.05, 3.63) is 59.4 Å². The highest BCUT2D eigenvalue weighted by molar-refractivity contribution is 7.98. The van der Waals surface area contributed by atoms with Gasteiger partial charge in [-0.25, -0.2) is 0 Å². The highest BCUT2D eigenvalue weighted by Gasteiger charge is 2.09. The van der Waals surface area contributed by atoms with Crippen molar-refractivity contribution in [2.75, 3.05) is 7.11 Å². The third-order valence-electron chi connectivity index (χ3n) is 2.99. The third kappa shape index (κ3) is 3.61. The Morgan fingerprint density at radius 2 is 1.82 bits per heavy atom. The fraction of sp³-hybridized carbons (Fsp3) is 0.125. The molecule has 1 heterocycles. The Hall–Kier alpha value is -1.98. The van der Waals surface area contributed by atoms with Gasteiger partial charge in [-0.2, -0.15) is 4.98 Å². The van der Waals surface area contributed by atoms with Gasteiger partial charge in [-0.1, -0.05) is 16.8 Å². The Morgan fingerprint density at radius 3 is 2.50 bits per heavy atom. The number of thioether (sulfide) groups is 1. The van der Waals surface area contributed by atoms with Gasteiger partial charge in [0.05, 0.1) is 12.9 Å². The molecule has 0 amide bonds. The highest BCUT2D eigenvalue weighted by atomic mass is 35.5. The molecule has 0 saturated heterocycles. The van der Waals surface area contributed by atoms with E-state index in [1.165, 1.54) is 0 Å². The predicted octanol–water partition coefficient (Wildman–Crippen LogP) is 4.69. The summed E-state index contributed by atoms with van der Waals surface area (Å²) in [6, 6.07) is 15.2. The quantitative estimate of drug-likeness (QED) is 0.634. The summed E-state index contributed by atoms with van der Waals surface area (Å²) in [5.41, 5.74) is 0.871. The van der Waals surface area contributed by atoms with Crippen molar-refractivity contribution in [2.45, 2.75) is 10.6 Å². The van der Waals surface area contributed by atoms with E-state index < -0.39 is 0 Å². The number of rotatable bonds is 5. The van der Waals surface area contributed by atoms with Crippen LogP contribution in [0.2, 0.25) is 5.02 Å². The van der Waals surface area contributed by atoms with Crippen LogP contribution in [0.5, 0.6) is 5.75 Å². The van der Waals surface area contributed by atoms with Gasteiger partial charge in [-0.3, -0.25) is 0 Å². The molecule has 0 unspecified atom stereocenters. The van der Waals surface area contributed by atoms with Crippen molar-refractivity contribution < 1.29 is 9.26 Å². The first-order valence-electron chi connectivity index (χ1n) is 6.60. The van der Waals surface area contributed by atoms with Crippen molar-refractivity contribution in [3.63, 3.8) is 0 Å². The average molecular weight is 333 g/mol. The van der Waals surface area contributed by atoms with Gasteiger partial charge in [0, 0.05) is 15.5 Å². The minimum atomic E-state index is 0.509. The SMILES string of the molecule is COc1ccc(-c2nc(CSc3ccc(Cl)cc3)no2)cc1. The minimum Gasteiger partial charge on any atom is -0.497 e. The van der Waals surface area contributed by atoms with Crippen LogP contribution in [0.15, 0.2) is 57.9 Å². The fourth-order valence-electron chi connectivity index (χ4n) is 1.84. The van der Waals surface area contributed by atoms with Crippen LogP contribution in [0.3, 0.4) is 0 Å². The fourth-order valence-corrected chi connectivity index (χ4v) is 2.71. The van der Waals surface area contributed by atoms with Gasteiger partial charge in [-0.05, 0) is 48.5 Å². The molecule has 0 aliphatic rings. The van der Waals surface area contributed by atoms with Crippen LogP contribution < -0.4 is 4.74 Å². The molecule has 0 aliphatic heterocycles. The number of methoxy groups -OCH3 is 1. The van der Waals surface area contributed by atoms with Crippen LogP contribution in [0.25, 0.3) is 11.5 Å². The van der Waals surface area contributed by atoms with Crippen LogP contribution >= 0.6 is 23.4 Å². The zero-order valence-corrected chi connectivity index (χ0v) is 13.4. The van der Waals surface area contributed by atoms with Gasteiger partial charge in [0.1, 0.15) is 5.75 Å². The molecular formula is C16H13ClN2O2S. The summed E-state index contributed by atoms with van der Waals surface area (Å²) in [6.45, 7) is 0. The van der Waals surface area contributed by atoms with Gasteiger partial charge >= 0.3 is 0 Å². The minimum absolute atomic E-state index is 0.509. The van der Waals surface area contributed by atoms with E-state index in [-0.39, 0.29) is 0 Å². The monoisotopic (exact) mass is 332 g/mol. The maximum absolute atomic E-state index is 5.86. The number of aromatic nitrogens is 2. The highest BCUT2D eigenvalue weighted by Crippen LogP contribution is 2.25. The Kier molecular flexibility index (Phi) is 4.65. The Labute approximate surface area is 137 Å². The molecule has 4 nitrogen and oxygen atoms in total. The van der Waals surface area contributed by atoms with Crippen molar-refractivity contribution >= 4 is 23.4 Å². The molecule has 0 atom stereocenters. The lowest BCUT2D eigenvalue weighted by Crippen LogP contribution is -1.85. The van der Waals surface area contributed by atoms with Gasteiger partial charge < -0.3 is 9.26 Å². The number of hydrogen-bond donors (Lipinski definition) is 0. The number of benzene rings is 2. The van der Waals surface area contributed by atoms with Gasteiger partial charge in [0.25, 0.3) is 5.89 Å². The second kappa shape index (κ2) is 6.85. The average Bonchev–Trinajstić information content (AvgIpc) is 3.03. The predicted molar refractivity (Wildman–Crippen MR) is 87.3 cm³/mol. The van der Waals surface area contributed by atoms with E-state index in [1.807, 2.05) is 48.5 Å². The molecule has 3 rings (SSSR count). The lowest BCUT2D eigenvalue weighted by atomic mass is 10.2. The van der Waals surface area contributed by atoms with Crippen molar-refractivity contribution in [2.24, 2.45) is 0 Å². The molecule has 0 spiro atoms. The van der Waals surface area contributed by atoms with Gasteiger partial charge in [0.2, 0.25) is 0 Å². The Bertz CT molecular complexity index is 742. The molecule has 22 heavy (non-hydrogen) atoms. The lowest BCUT2D eigenvalue weighted by molar-refractivity contribution is 0.414. The number of nitrogens with zero attached hydrogens (tertiary/aromatic N) is 2. The summed E-state index contributed by atoms with van der Waals surface area (Å²) in [4.78, 5) is 5.51. The molecule has 0 bridgehead atoms. The van der Waals surface area contributed by atoms with Crippen LogP contribution in [0.1, 0.15) is 5.82 Å². The van der Waals surface area contributed by atoms with E-state index in [1.54, 1.807) is 18.9 Å². The van der Waals surface area contributed by atoms with Crippen molar-refractivity contribution in [1.82, 2.24) is 10.1 Å². The van der Waals surface area contributed by atoms with Crippen LogP contribution in [0.4, 0.5) is 0 Å². The van der Waals surface area contributed by atoms with Crippen LogP contribution in [-0.4, -0.2) is 17.3 Å². The molecule has 1 aromatic heterocycles. The molecule has 6 heteroatoms. The Morgan fingerprint density at radius 1 is 1.09 bits per heavy atom. The molecule has 3 aromatic rings. The second-order valence-corrected chi connectivity index (χ2v) is 5.97. The zero-order valence-electron chi connectivity index (χ0n) is 11.8. The first kappa shape index (κ1) is 14.9. The molecule has 2 aromatic carbocycles. The topological polar surface area (TPSA) is 48.2 Å². The van der Waals surface area contributed by atoms with E-state index in [0.29, 0.717) is 17.5 Å². The van der Waals surface area contributed by atoms with Crippen LogP contribution in [0, 0.1) is 0 Å². The largest absolute Gasteiger partial charge is 0.497 e. The number of ether oxygens (including phenoxy) is 1. The first-order valence-corrected chi connectivity index (χ1v) is 7.96. The summed E-state index contributed by atoms with van der Waals surface area (Å²) in [6.07, 6.45) is 0. The van der Waals surface area contributed by atoms with Gasteiger partial charge in [0.15, 0.2) is 5.82 Å². The maximum atomic E-state index is 5.86. The number of halogens is 1. The van der Waals surface area contributed by atoms with Gasteiger partial charge in [-0.15, -0.1) is 11.8 Å². The Balaban J connectivity index is 1.66. The molecular weight excluding hydrogens is 320 g/mol.